The molecule has 1 fully saturated rings. The topological polar surface area (TPSA) is 38.3 Å². The Hall–Kier alpha value is -0.870. The van der Waals surface area contributed by atoms with Gasteiger partial charge in [-0.05, 0) is 35.2 Å². The number of rotatable bonds is 4. The van der Waals surface area contributed by atoms with Crippen molar-refractivity contribution in [1.82, 2.24) is 5.32 Å². The first kappa shape index (κ1) is 11.6. The molecule has 0 unspecified atom stereocenters. The van der Waals surface area contributed by atoms with Crippen LogP contribution in [-0.2, 0) is 16.1 Å². The molecule has 1 aromatic heterocycles. The molecule has 2 rings (SSSR count). The van der Waals surface area contributed by atoms with Gasteiger partial charge in [-0.2, -0.15) is 11.3 Å². The molecule has 0 aliphatic heterocycles. The normalized spacial score (nSPS) is 24.6. The highest BCUT2D eigenvalue weighted by molar-refractivity contribution is 7.07. The standard InChI is InChI=1S/C12H17NO2S/c1-15-12(14)10-3-2-4-11(10)13-7-9-5-6-16-8-9/h5-6,8,10-11,13H,2-4,7H2,1H3/t10-,11-/m1/s1. The third-order valence-electron chi connectivity index (χ3n) is 3.17. The van der Waals surface area contributed by atoms with Gasteiger partial charge in [0.05, 0.1) is 13.0 Å². The van der Waals surface area contributed by atoms with Gasteiger partial charge in [-0.25, -0.2) is 0 Å². The van der Waals surface area contributed by atoms with Crippen LogP contribution in [0.2, 0.25) is 0 Å². The zero-order valence-electron chi connectivity index (χ0n) is 9.44. The minimum atomic E-state index is -0.0691. The van der Waals surface area contributed by atoms with Crippen molar-refractivity contribution in [1.29, 1.82) is 0 Å². The number of methoxy groups -OCH3 is 1. The molecule has 2 atom stereocenters. The predicted octanol–water partition coefficient (Wildman–Crippen LogP) is 2.18. The Balaban J connectivity index is 1.86. The molecule has 4 heteroatoms. The summed E-state index contributed by atoms with van der Waals surface area (Å²) < 4.78 is 4.82. The van der Waals surface area contributed by atoms with Gasteiger partial charge in [-0.1, -0.05) is 6.42 Å². The second kappa shape index (κ2) is 5.46. The van der Waals surface area contributed by atoms with Gasteiger partial charge in [-0.3, -0.25) is 4.79 Å². The molecule has 16 heavy (non-hydrogen) atoms. The molecule has 1 aliphatic carbocycles. The maximum Gasteiger partial charge on any atom is 0.310 e. The van der Waals surface area contributed by atoms with E-state index in [0.29, 0.717) is 0 Å². The minimum absolute atomic E-state index is 0.0450. The first-order chi connectivity index (χ1) is 7.81. The maximum atomic E-state index is 11.5. The number of ether oxygens (including phenoxy) is 1. The summed E-state index contributed by atoms with van der Waals surface area (Å²) in [6.07, 6.45) is 3.14. The average Bonchev–Trinajstić information content (AvgIpc) is 2.96. The first-order valence-electron chi connectivity index (χ1n) is 5.63. The molecule has 1 saturated carbocycles. The van der Waals surface area contributed by atoms with Crippen LogP contribution in [0.1, 0.15) is 24.8 Å². The summed E-state index contributed by atoms with van der Waals surface area (Å²) in [4.78, 5) is 11.5. The van der Waals surface area contributed by atoms with Crippen LogP contribution in [0.25, 0.3) is 0 Å². The van der Waals surface area contributed by atoms with E-state index in [4.69, 9.17) is 4.74 Å². The van der Waals surface area contributed by atoms with Crippen molar-refractivity contribution in [2.24, 2.45) is 5.92 Å². The van der Waals surface area contributed by atoms with Crippen molar-refractivity contribution in [3.63, 3.8) is 0 Å². The summed E-state index contributed by atoms with van der Waals surface area (Å²) in [5, 5.41) is 7.66. The molecule has 1 aliphatic rings. The van der Waals surface area contributed by atoms with Crippen molar-refractivity contribution in [3.8, 4) is 0 Å². The SMILES string of the molecule is COC(=O)[C@@H]1CCC[C@H]1NCc1ccsc1. The van der Waals surface area contributed by atoms with E-state index in [2.05, 4.69) is 22.1 Å². The van der Waals surface area contributed by atoms with Gasteiger partial charge in [-0.15, -0.1) is 0 Å². The highest BCUT2D eigenvalue weighted by Crippen LogP contribution is 2.27. The molecule has 0 spiro atoms. The molecular formula is C12H17NO2S. The summed E-state index contributed by atoms with van der Waals surface area (Å²) in [5.41, 5.74) is 1.29. The zero-order valence-corrected chi connectivity index (χ0v) is 10.3. The van der Waals surface area contributed by atoms with E-state index in [1.807, 2.05) is 0 Å². The lowest BCUT2D eigenvalue weighted by Gasteiger charge is -2.18. The van der Waals surface area contributed by atoms with Crippen LogP contribution in [0, 0.1) is 5.92 Å². The highest BCUT2D eigenvalue weighted by atomic mass is 32.1. The molecule has 1 aromatic rings. The monoisotopic (exact) mass is 239 g/mol. The summed E-state index contributed by atoms with van der Waals surface area (Å²) in [5.74, 6) is -0.0241. The number of thiophene rings is 1. The number of carbonyl (C=O) groups is 1. The quantitative estimate of drug-likeness (QED) is 0.818. The minimum Gasteiger partial charge on any atom is -0.469 e. The van der Waals surface area contributed by atoms with Crippen molar-refractivity contribution >= 4 is 17.3 Å². The van der Waals surface area contributed by atoms with E-state index >= 15 is 0 Å². The molecule has 0 bridgehead atoms. The van der Waals surface area contributed by atoms with E-state index < -0.39 is 0 Å². The average molecular weight is 239 g/mol. The Morgan fingerprint density at radius 3 is 3.19 bits per heavy atom. The second-order valence-corrected chi connectivity index (χ2v) is 4.96. The Labute approximate surface area is 99.8 Å². The fraction of sp³-hybridized carbons (Fsp3) is 0.583. The van der Waals surface area contributed by atoms with E-state index in [-0.39, 0.29) is 17.9 Å². The van der Waals surface area contributed by atoms with Gasteiger partial charge in [0.15, 0.2) is 0 Å². The van der Waals surface area contributed by atoms with Gasteiger partial charge in [0.25, 0.3) is 0 Å². The zero-order chi connectivity index (χ0) is 11.4. The molecule has 0 radical (unpaired) electrons. The van der Waals surface area contributed by atoms with Gasteiger partial charge in [0, 0.05) is 12.6 Å². The summed E-state index contributed by atoms with van der Waals surface area (Å²) >= 11 is 1.70. The molecule has 3 nitrogen and oxygen atoms in total. The number of esters is 1. The Bertz CT molecular complexity index is 337. The lowest BCUT2D eigenvalue weighted by Crippen LogP contribution is -2.36. The summed E-state index contributed by atoms with van der Waals surface area (Å²) in [6.45, 7) is 0.849. The lowest BCUT2D eigenvalue weighted by molar-refractivity contribution is -0.145. The summed E-state index contributed by atoms with van der Waals surface area (Å²) in [6, 6.07) is 2.40. The third-order valence-corrected chi connectivity index (χ3v) is 3.90. The predicted molar refractivity (Wildman–Crippen MR) is 64.3 cm³/mol. The van der Waals surface area contributed by atoms with E-state index in [0.717, 1.165) is 25.8 Å². The first-order valence-corrected chi connectivity index (χ1v) is 6.58. The van der Waals surface area contributed by atoms with Crippen LogP contribution in [0.3, 0.4) is 0 Å². The molecular weight excluding hydrogens is 222 g/mol. The number of hydrogen-bond acceptors (Lipinski definition) is 4. The van der Waals surface area contributed by atoms with E-state index in [9.17, 15) is 4.79 Å². The molecule has 0 saturated heterocycles. The Kier molecular flexibility index (Phi) is 3.96. The Morgan fingerprint density at radius 2 is 2.50 bits per heavy atom. The number of hydrogen-bond donors (Lipinski definition) is 1. The lowest BCUT2D eigenvalue weighted by atomic mass is 10.0. The number of carbonyl (C=O) groups excluding carboxylic acids is 1. The molecule has 88 valence electrons. The van der Waals surface area contributed by atoms with Gasteiger partial charge < -0.3 is 10.1 Å². The van der Waals surface area contributed by atoms with Crippen LogP contribution in [0.15, 0.2) is 16.8 Å². The van der Waals surface area contributed by atoms with Crippen LogP contribution >= 0.6 is 11.3 Å². The molecule has 0 aromatic carbocycles. The van der Waals surface area contributed by atoms with Gasteiger partial charge >= 0.3 is 5.97 Å². The molecule has 1 heterocycles. The fourth-order valence-electron chi connectivity index (χ4n) is 2.28. The maximum absolute atomic E-state index is 11.5. The largest absolute Gasteiger partial charge is 0.469 e. The smallest absolute Gasteiger partial charge is 0.310 e. The second-order valence-electron chi connectivity index (χ2n) is 4.18. The van der Waals surface area contributed by atoms with Crippen molar-refractivity contribution in [3.05, 3.63) is 22.4 Å². The fourth-order valence-corrected chi connectivity index (χ4v) is 2.95. The van der Waals surface area contributed by atoms with Gasteiger partial charge in [0.2, 0.25) is 0 Å². The van der Waals surface area contributed by atoms with E-state index in [1.165, 1.54) is 12.7 Å². The van der Waals surface area contributed by atoms with Crippen LogP contribution in [-0.4, -0.2) is 19.1 Å². The van der Waals surface area contributed by atoms with Crippen molar-refractivity contribution < 1.29 is 9.53 Å². The van der Waals surface area contributed by atoms with E-state index in [1.54, 1.807) is 11.3 Å². The third kappa shape index (κ3) is 2.62. The summed E-state index contributed by atoms with van der Waals surface area (Å²) in [7, 11) is 1.47. The van der Waals surface area contributed by atoms with Crippen LogP contribution < -0.4 is 5.32 Å². The Morgan fingerprint density at radius 1 is 1.62 bits per heavy atom. The van der Waals surface area contributed by atoms with Crippen molar-refractivity contribution in [2.75, 3.05) is 7.11 Å². The molecule has 0 amide bonds. The highest BCUT2D eigenvalue weighted by Gasteiger charge is 2.33. The van der Waals surface area contributed by atoms with Gasteiger partial charge in [0.1, 0.15) is 0 Å². The molecule has 1 N–H and O–H groups in total. The van der Waals surface area contributed by atoms with Crippen LogP contribution in [0.4, 0.5) is 0 Å². The van der Waals surface area contributed by atoms with Crippen LogP contribution in [0.5, 0.6) is 0 Å². The van der Waals surface area contributed by atoms with Crippen molar-refractivity contribution in [2.45, 2.75) is 31.8 Å². The number of nitrogens with one attached hydrogen (secondary N) is 1.